The Morgan fingerprint density at radius 1 is 1.32 bits per heavy atom. The quantitative estimate of drug-likeness (QED) is 0.923. The van der Waals surface area contributed by atoms with Crippen LogP contribution >= 0.6 is 23.2 Å². The van der Waals surface area contributed by atoms with Crippen LogP contribution in [0.25, 0.3) is 0 Å². The van der Waals surface area contributed by atoms with Crippen LogP contribution in [0.3, 0.4) is 0 Å². The lowest BCUT2D eigenvalue weighted by molar-refractivity contribution is 0.00746. The Morgan fingerprint density at radius 2 is 2.05 bits per heavy atom. The molecule has 1 fully saturated rings. The number of nitrogens with two attached hydrogens (primary N) is 1. The Labute approximate surface area is 121 Å². The Kier molecular flexibility index (Phi) is 4.58. The molecule has 1 aromatic rings. The van der Waals surface area contributed by atoms with Crippen LogP contribution in [0.4, 0.5) is 0 Å². The van der Waals surface area contributed by atoms with Crippen LogP contribution in [-0.2, 0) is 14.8 Å². The third kappa shape index (κ3) is 3.73. The van der Waals surface area contributed by atoms with E-state index in [2.05, 4.69) is 0 Å². The lowest BCUT2D eigenvalue weighted by Crippen LogP contribution is -2.28. The largest absolute Gasteiger partial charge is 0.486 e. The maximum Gasteiger partial charge on any atom is 0.239 e. The van der Waals surface area contributed by atoms with Gasteiger partial charge < -0.3 is 9.47 Å². The summed E-state index contributed by atoms with van der Waals surface area (Å²) in [7, 11) is -3.90. The first-order valence-electron chi connectivity index (χ1n) is 5.64. The molecule has 2 N–H and O–H groups in total. The molecule has 1 unspecified atom stereocenters. The fourth-order valence-corrected chi connectivity index (χ4v) is 3.16. The molecule has 1 saturated heterocycles. The van der Waals surface area contributed by atoms with Crippen molar-refractivity contribution >= 4 is 33.2 Å². The Bertz CT molecular complexity index is 570. The molecule has 8 heteroatoms. The third-order valence-corrected chi connectivity index (χ3v) is 4.38. The van der Waals surface area contributed by atoms with Crippen molar-refractivity contribution in [1.82, 2.24) is 0 Å². The van der Waals surface area contributed by atoms with Gasteiger partial charge in [-0.1, -0.05) is 23.2 Å². The minimum absolute atomic E-state index is 0.0152. The highest BCUT2D eigenvalue weighted by atomic mass is 35.5. The summed E-state index contributed by atoms with van der Waals surface area (Å²) in [4.78, 5) is -0.216. The van der Waals surface area contributed by atoms with Gasteiger partial charge in [-0.3, -0.25) is 0 Å². The zero-order valence-electron chi connectivity index (χ0n) is 9.93. The van der Waals surface area contributed by atoms with Gasteiger partial charge in [-0.05, 0) is 18.9 Å². The molecule has 1 aliphatic rings. The number of halogens is 2. The van der Waals surface area contributed by atoms with Crippen molar-refractivity contribution < 1.29 is 17.9 Å². The maximum absolute atomic E-state index is 11.3. The van der Waals surface area contributed by atoms with Gasteiger partial charge in [0.15, 0.2) is 0 Å². The molecule has 0 spiro atoms. The topological polar surface area (TPSA) is 78.6 Å². The van der Waals surface area contributed by atoms with Gasteiger partial charge in [0, 0.05) is 12.7 Å². The molecule has 1 aliphatic heterocycles. The first kappa shape index (κ1) is 14.9. The maximum atomic E-state index is 11.3. The number of benzene rings is 1. The standard InChI is InChI=1S/C11H13Cl2NO4S/c12-8-5-11(19(14,15)16)9(13)4-10(8)18-7-2-1-3-17-6-7/h4-5,7H,1-3,6H2,(H2,14,15,16). The van der Waals surface area contributed by atoms with Gasteiger partial charge in [0.05, 0.1) is 16.7 Å². The van der Waals surface area contributed by atoms with Crippen LogP contribution in [0.1, 0.15) is 12.8 Å². The fraction of sp³-hybridized carbons (Fsp3) is 0.455. The molecule has 0 aromatic heterocycles. The van der Waals surface area contributed by atoms with Crippen molar-refractivity contribution in [3.05, 3.63) is 22.2 Å². The Morgan fingerprint density at radius 3 is 2.63 bits per heavy atom. The monoisotopic (exact) mass is 325 g/mol. The Balaban J connectivity index is 2.25. The summed E-state index contributed by atoms with van der Waals surface area (Å²) in [6.07, 6.45) is 1.65. The van der Waals surface area contributed by atoms with Crippen molar-refractivity contribution in [2.45, 2.75) is 23.8 Å². The summed E-state index contributed by atoms with van der Waals surface area (Å²) in [6.45, 7) is 1.20. The van der Waals surface area contributed by atoms with Crippen molar-refractivity contribution in [3.63, 3.8) is 0 Å². The summed E-state index contributed by atoms with van der Waals surface area (Å²) in [5, 5.41) is 5.17. The molecule has 19 heavy (non-hydrogen) atoms. The normalized spacial score (nSPS) is 20.3. The van der Waals surface area contributed by atoms with E-state index < -0.39 is 10.0 Å². The van der Waals surface area contributed by atoms with E-state index in [4.69, 9.17) is 37.8 Å². The van der Waals surface area contributed by atoms with Gasteiger partial charge in [0.25, 0.3) is 0 Å². The van der Waals surface area contributed by atoms with Gasteiger partial charge >= 0.3 is 0 Å². The molecule has 0 bridgehead atoms. The van der Waals surface area contributed by atoms with E-state index in [0.29, 0.717) is 12.4 Å². The van der Waals surface area contributed by atoms with Crippen LogP contribution < -0.4 is 9.88 Å². The van der Waals surface area contributed by atoms with E-state index in [1.165, 1.54) is 12.1 Å². The smallest absolute Gasteiger partial charge is 0.239 e. The van der Waals surface area contributed by atoms with E-state index in [0.717, 1.165) is 19.4 Å². The number of sulfonamides is 1. The zero-order chi connectivity index (χ0) is 14.0. The molecule has 1 heterocycles. The van der Waals surface area contributed by atoms with Crippen molar-refractivity contribution in [1.29, 1.82) is 0 Å². The zero-order valence-corrected chi connectivity index (χ0v) is 12.3. The first-order chi connectivity index (χ1) is 8.88. The van der Waals surface area contributed by atoms with E-state index in [1.54, 1.807) is 0 Å². The molecule has 1 atom stereocenters. The molecule has 0 radical (unpaired) electrons. The van der Waals surface area contributed by atoms with Gasteiger partial charge in [0.1, 0.15) is 16.7 Å². The molecule has 2 rings (SSSR count). The molecule has 0 amide bonds. The second-order valence-electron chi connectivity index (χ2n) is 4.22. The minimum Gasteiger partial charge on any atom is -0.486 e. The Hall–Kier alpha value is -0.530. The summed E-state index contributed by atoms with van der Waals surface area (Å²) >= 11 is 11.9. The highest BCUT2D eigenvalue weighted by Gasteiger charge is 2.20. The number of ether oxygens (including phenoxy) is 2. The average molecular weight is 326 g/mol. The van der Waals surface area contributed by atoms with Crippen LogP contribution in [0.5, 0.6) is 5.75 Å². The average Bonchev–Trinajstić information content (AvgIpc) is 2.33. The second kappa shape index (κ2) is 5.85. The van der Waals surface area contributed by atoms with Crippen LogP contribution in [0, 0.1) is 0 Å². The van der Waals surface area contributed by atoms with E-state index in [1.807, 2.05) is 0 Å². The predicted molar refractivity (Wildman–Crippen MR) is 72.3 cm³/mol. The van der Waals surface area contributed by atoms with E-state index in [-0.39, 0.29) is 21.0 Å². The molecule has 5 nitrogen and oxygen atoms in total. The van der Waals surface area contributed by atoms with Gasteiger partial charge in [0.2, 0.25) is 10.0 Å². The summed E-state index contributed by atoms with van der Waals surface area (Å²) in [6, 6.07) is 2.55. The number of hydrogen-bond donors (Lipinski definition) is 1. The highest BCUT2D eigenvalue weighted by Crippen LogP contribution is 2.34. The molecule has 1 aromatic carbocycles. The third-order valence-electron chi connectivity index (χ3n) is 2.71. The molecular formula is C11H13Cl2NO4S. The number of rotatable bonds is 3. The lowest BCUT2D eigenvalue weighted by atomic mass is 10.2. The van der Waals surface area contributed by atoms with Crippen LogP contribution in [0.15, 0.2) is 17.0 Å². The van der Waals surface area contributed by atoms with E-state index in [9.17, 15) is 8.42 Å². The number of primary sulfonamides is 1. The number of hydrogen-bond acceptors (Lipinski definition) is 4. The highest BCUT2D eigenvalue weighted by molar-refractivity contribution is 7.89. The summed E-state index contributed by atoms with van der Waals surface area (Å²) < 4.78 is 33.5. The van der Waals surface area contributed by atoms with Crippen LogP contribution in [0.2, 0.25) is 10.0 Å². The minimum atomic E-state index is -3.90. The van der Waals surface area contributed by atoms with Gasteiger partial charge in [-0.15, -0.1) is 0 Å². The van der Waals surface area contributed by atoms with Gasteiger partial charge in [-0.2, -0.15) is 0 Å². The molecule has 0 aliphatic carbocycles. The van der Waals surface area contributed by atoms with Crippen molar-refractivity contribution in [2.24, 2.45) is 5.14 Å². The molecule has 106 valence electrons. The predicted octanol–water partition coefficient (Wildman–Crippen LogP) is 2.20. The van der Waals surface area contributed by atoms with Crippen molar-refractivity contribution in [2.75, 3.05) is 13.2 Å². The summed E-state index contributed by atoms with van der Waals surface area (Å²) in [5.41, 5.74) is 0. The lowest BCUT2D eigenvalue weighted by Gasteiger charge is -2.24. The van der Waals surface area contributed by atoms with E-state index >= 15 is 0 Å². The first-order valence-corrected chi connectivity index (χ1v) is 7.94. The SMILES string of the molecule is NS(=O)(=O)c1cc(Cl)c(OC2CCCOC2)cc1Cl. The second-order valence-corrected chi connectivity index (χ2v) is 6.56. The van der Waals surface area contributed by atoms with Crippen molar-refractivity contribution in [3.8, 4) is 5.75 Å². The summed E-state index contributed by atoms with van der Waals surface area (Å²) in [5.74, 6) is 0.328. The van der Waals surface area contributed by atoms with Gasteiger partial charge in [-0.25, -0.2) is 13.6 Å². The molecular weight excluding hydrogens is 313 g/mol. The molecule has 0 saturated carbocycles. The van der Waals surface area contributed by atoms with Crippen LogP contribution in [-0.4, -0.2) is 27.7 Å². The fourth-order valence-electron chi connectivity index (χ4n) is 1.80.